The second kappa shape index (κ2) is 9.63. The second-order valence-electron chi connectivity index (χ2n) is 6.91. The molecule has 1 unspecified atom stereocenters. The summed E-state index contributed by atoms with van der Waals surface area (Å²) in [6.07, 6.45) is -6.22. The fourth-order valence-corrected chi connectivity index (χ4v) is 3.90. The number of hydrogen-bond acceptors (Lipinski definition) is 7. The van der Waals surface area contributed by atoms with Crippen LogP contribution in [0.1, 0.15) is 6.92 Å². The molecule has 0 aliphatic carbocycles. The Labute approximate surface area is 186 Å². The SMILES string of the molecule is C[C@@](O)(C(=O)Nc1ccc(S(=O)(=O)c2ccc(NCC(O)CO)cc2)cc1Cl)C(F)(F)F. The lowest BCUT2D eigenvalue weighted by Gasteiger charge is -2.25. The average Bonchev–Trinajstić information content (AvgIpc) is 2.72. The van der Waals surface area contributed by atoms with E-state index in [9.17, 15) is 36.6 Å². The molecule has 0 fully saturated rings. The molecule has 0 saturated heterocycles. The molecule has 13 heteroatoms. The predicted octanol–water partition coefficient (Wildman–Crippen LogP) is 2.19. The fourth-order valence-electron chi connectivity index (χ4n) is 2.33. The Morgan fingerprint density at radius 3 is 2.19 bits per heavy atom. The minimum atomic E-state index is -5.23. The summed E-state index contributed by atoms with van der Waals surface area (Å²) in [5.41, 5.74) is -3.50. The Bertz CT molecular complexity index is 1080. The number of sulfone groups is 1. The van der Waals surface area contributed by atoms with Crippen molar-refractivity contribution in [3.8, 4) is 0 Å². The first-order valence-electron chi connectivity index (χ1n) is 8.98. The Morgan fingerprint density at radius 1 is 1.12 bits per heavy atom. The number of nitrogens with one attached hydrogen (secondary N) is 2. The van der Waals surface area contributed by atoms with Crippen LogP contribution in [0.15, 0.2) is 52.3 Å². The molecule has 0 spiro atoms. The zero-order chi connectivity index (χ0) is 24.3. The molecular weight excluding hydrogens is 477 g/mol. The zero-order valence-corrected chi connectivity index (χ0v) is 18.1. The summed E-state index contributed by atoms with van der Waals surface area (Å²) in [6.45, 7) is -0.116. The Hall–Kier alpha value is -2.38. The van der Waals surface area contributed by atoms with E-state index in [4.69, 9.17) is 16.7 Å². The third kappa shape index (κ3) is 5.70. The van der Waals surface area contributed by atoms with Gasteiger partial charge in [-0.05, 0) is 49.4 Å². The Balaban J connectivity index is 2.22. The van der Waals surface area contributed by atoms with E-state index in [-0.39, 0.29) is 34.0 Å². The topological polar surface area (TPSA) is 136 Å². The summed E-state index contributed by atoms with van der Waals surface area (Å²) < 4.78 is 63.9. The maximum atomic E-state index is 12.8. The van der Waals surface area contributed by atoms with Gasteiger partial charge in [-0.1, -0.05) is 11.6 Å². The van der Waals surface area contributed by atoms with Gasteiger partial charge < -0.3 is 26.0 Å². The molecule has 2 rings (SSSR count). The largest absolute Gasteiger partial charge is 0.426 e. The maximum absolute atomic E-state index is 12.8. The lowest BCUT2D eigenvalue weighted by molar-refractivity contribution is -0.242. The van der Waals surface area contributed by atoms with Crippen molar-refractivity contribution in [2.45, 2.75) is 34.6 Å². The number of carbonyl (C=O) groups is 1. The van der Waals surface area contributed by atoms with Gasteiger partial charge in [0.25, 0.3) is 5.91 Å². The van der Waals surface area contributed by atoms with Gasteiger partial charge in [0, 0.05) is 12.2 Å². The molecule has 0 bridgehead atoms. The number of alkyl halides is 3. The van der Waals surface area contributed by atoms with E-state index >= 15 is 0 Å². The van der Waals surface area contributed by atoms with Crippen molar-refractivity contribution in [1.82, 2.24) is 0 Å². The van der Waals surface area contributed by atoms with Crippen molar-refractivity contribution in [3.63, 3.8) is 0 Å². The summed E-state index contributed by atoms with van der Waals surface area (Å²) in [5.74, 6) is -1.78. The Morgan fingerprint density at radius 2 is 1.69 bits per heavy atom. The number of aliphatic hydroxyl groups excluding tert-OH is 2. The van der Waals surface area contributed by atoms with Gasteiger partial charge in [-0.2, -0.15) is 13.2 Å². The minimum absolute atomic E-state index is 0.0482. The van der Waals surface area contributed by atoms with Gasteiger partial charge in [-0.25, -0.2) is 8.42 Å². The van der Waals surface area contributed by atoms with Gasteiger partial charge in [-0.15, -0.1) is 0 Å². The molecule has 5 N–H and O–H groups in total. The highest BCUT2D eigenvalue weighted by atomic mass is 35.5. The first-order valence-corrected chi connectivity index (χ1v) is 10.8. The highest BCUT2D eigenvalue weighted by Gasteiger charge is 2.55. The first kappa shape index (κ1) is 25.9. The molecule has 2 atom stereocenters. The van der Waals surface area contributed by atoms with E-state index in [0.29, 0.717) is 5.69 Å². The average molecular weight is 497 g/mol. The van der Waals surface area contributed by atoms with Crippen molar-refractivity contribution in [3.05, 3.63) is 47.5 Å². The maximum Gasteiger partial charge on any atom is 0.426 e. The highest BCUT2D eigenvalue weighted by molar-refractivity contribution is 7.91. The third-order valence-corrected chi connectivity index (χ3v) is 6.49. The van der Waals surface area contributed by atoms with Gasteiger partial charge in [0.15, 0.2) is 0 Å². The van der Waals surface area contributed by atoms with E-state index < -0.39 is 40.2 Å². The van der Waals surface area contributed by atoms with Crippen molar-refractivity contribution in [2.24, 2.45) is 0 Å². The zero-order valence-electron chi connectivity index (χ0n) is 16.5. The Kier molecular flexibility index (Phi) is 7.79. The number of benzene rings is 2. The monoisotopic (exact) mass is 496 g/mol. The van der Waals surface area contributed by atoms with Gasteiger partial charge in [0.2, 0.25) is 15.4 Å². The molecule has 32 heavy (non-hydrogen) atoms. The van der Waals surface area contributed by atoms with E-state index in [1.165, 1.54) is 24.3 Å². The molecule has 1 amide bonds. The quantitative estimate of drug-likeness (QED) is 0.378. The van der Waals surface area contributed by atoms with Crippen LogP contribution in [-0.4, -0.2) is 60.7 Å². The van der Waals surface area contributed by atoms with Crippen LogP contribution < -0.4 is 10.6 Å². The van der Waals surface area contributed by atoms with Crippen LogP contribution in [0.5, 0.6) is 0 Å². The molecule has 0 heterocycles. The van der Waals surface area contributed by atoms with Gasteiger partial charge >= 0.3 is 6.18 Å². The number of anilines is 2. The molecule has 0 aliphatic heterocycles. The van der Waals surface area contributed by atoms with E-state index in [2.05, 4.69) is 5.32 Å². The molecule has 0 radical (unpaired) electrons. The number of carbonyl (C=O) groups excluding carboxylic acids is 1. The van der Waals surface area contributed by atoms with Crippen molar-refractivity contribution in [2.75, 3.05) is 23.8 Å². The summed E-state index contributed by atoms with van der Waals surface area (Å²) in [5, 5.41) is 31.8. The number of halogens is 4. The molecular formula is C19H20ClF3N2O6S. The van der Waals surface area contributed by atoms with Crippen molar-refractivity contribution in [1.29, 1.82) is 0 Å². The molecule has 2 aromatic rings. The molecule has 0 aromatic heterocycles. The first-order chi connectivity index (χ1) is 14.7. The smallest absolute Gasteiger partial charge is 0.394 e. The number of hydrogen-bond donors (Lipinski definition) is 5. The van der Waals surface area contributed by atoms with Crippen molar-refractivity contribution < 1.29 is 41.7 Å². The molecule has 0 aliphatic rings. The second-order valence-corrected chi connectivity index (χ2v) is 9.27. The summed E-state index contributed by atoms with van der Waals surface area (Å²) >= 11 is 5.95. The lowest BCUT2D eigenvalue weighted by atomic mass is 10.1. The summed E-state index contributed by atoms with van der Waals surface area (Å²) in [6, 6.07) is 8.45. The van der Waals surface area contributed by atoms with Crippen LogP contribution in [0.4, 0.5) is 24.5 Å². The molecule has 176 valence electrons. The number of aliphatic hydroxyl groups is 3. The van der Waals surface area contributed by atoms with Crippen LogP contribution in [-0.2, 0) is 14.6 Å². The molecule has 2 aromatic carbocycles. The van der Waals surface area contributed by atoms with Crippen LogP contribution >= 0.6 is 11.6 Å². The van der Waals surface area contributed by atoms with Crippen LogP contribution in [0.2, 0.25) is 5.02 Å². The number of rotatable bonds is 8. The van der Waals surface area contributed by atoms with E-state index in [0.717, 1.165) is 18.2 Å². The van der Waals surface area contributed by atoms with Crippen LogP contribution in [0.25, 0.3) is 0 Å². The van der Waals surface area contributed by atoms with Crippen LogP contribution in [0.3, 0.4) is 0 Å². The minimum Gasteiger partial charge on any atom is -0.394 e. The normalized spacial score (nSPS) is 15.0. The molecule has 8 nitrogen and oxygen atoms in total. The highest BCUT2D eigenvalue weighted by Crippen LogP contribution is 2.33. The van der Waals surface area contributed by atoms with Crippen molar-refractivity contribution >= 4 is 38.7 Å². The van der Waals surface area contributed by atoms with E-state index in [1.807, 2.05) is 5.32 Å². The predicted molar refractivity (Wildman–Crippen MR) is 110 cm³/mol. The summed E-state index contributed by atoms with van der Waals surface area (Å²) in [4.78, 5) is 11.4. The standard InChI is InChI=1S/C19H20ClF3N2O6S/c1-18(29,19(21,22)23)17(28)25-16-7-6-14(8-15(16)20)32(30,31)13-4-2-11(3-5-13)24-9-12(27)10-26/h2-8,12,24,26-27,29H,9-10H2,1H3,(H,25,28)/t12?,18-/m1/s1. The lowest BCUT2D eigenvalue weighted by Crippen LogP contribution is -2.52. The van der Waals surface area contributed by atoms with Gasteiger partial charge in [0.1, 0.15) is 0 Å². The van der Waals surface area contributed by atoms with E-state index in [1.54, 1.807) is 0 Å². The van der Waals surface area contributed by atoms with Gasteiger partial charge in [0.05, 0.1) is 33.2 Å². The molecule has 0 saturated carbocycles. The number of amides is 1. The van der Waals surface area contributed by atoms with Gasteiger partial charge in [-0.3, -0.25) is 4.79 Å². The fraction of sp³-hybridized carbons (Fsp3) is 0.316. The third-order valence-electron chi connectivity index (χ3n) is 4.41. The summed E-state index contributed by atoms with van der Waals surface area (Å²) in [7, 11) is -4.05. The van der Waals surface area contributed by atoms with Crippen LogP contribution in [0, 0.1) is 0 Å².